The summed E-state index contributed by atoms with van der Waals surface area (Å²) in [4.78, 5) is 16.6. The molecule has 0 aliphatic rings. The van der Waals surface area contributed by atoms with Gasteiger partial charge in [-0.25, -0.2) is 4.98 Å². The predicted molar refractivity (Wildman–Crippen MR) is 97.8 cm³/mol. The molecule has 0 fully saturated rings. The second-order valence-corrected chi connectivity index (χ2v) is 6.13. The van der Waals surface area contributed by atoms with Gasteiger partial charge in [0.15, 0.2) is 12.3 Å². The van der Waals surface area contributed by atoms with Crippen molar-refractivity contribution in [1.29, 1.82) is 0 Å². The minimum Gasteiger partial charge on any atom is -0.497 e. The number of rotatable bonds is 7. The number of hydrogen-bond acceptors (Lipinski definition) is 6. The largest absolute Gasteiger partial charge is 0.497 e. The first kappa shape index (κ1) is 18.5. The zero-order valence-electron chi connectivity index (χ0n) is 15.7. The summed E-state index contributed by atoms with van der Waals surface area (Å²) in [6.45, 7) is 5.83. The predicted octanol–water partition coefficient (Wildman–Crippen LogP) is 3.09. The molecule has 0 aliphatic carbocycles. The van der Waals surface area contributed by atoms with Crippen molar-refractivity contribution in [2.45, 2.75) is 33.4 Å². The van der Waals surface area contributed by atoms with E-state index in [2.05, 4.69) is 20.5 Å². The summed E-state index contributed by atoms with van der Waals surface area (Å²) >= 11 is 0. The molecule has 3 aromatic rings. The van der Waals surface area contributed by atoms with Crippen LogP contribution in [0.25, 0.3) is 0 Å². The zero-order chi connectivity index (χ0) is 19.4. The molecule has 27 heavy (non-hydrogen) atoms. The van der Waals surface area contributed by atoms with Crippen molar-refractivity contribution >= 4 is 5.91 Å². The van der Waals surface area contributed by atoms with Crippen molar-refractivity contribution in [3.8, 4) is 11.5 Å². The highest BCUT2D eigenvalue weighted by molar-refractivity contribution is 5.92. The monoisotopic (exact) mass is 370 g/mol. The Hall–Kier alpha value is -3.29. The summed E-state index contributed by atoms with van der Waals surface area (Å²) in [6.07, 6.45) is 1.32. The first-order valence-electron chi connectivity index (χ1n) is 8.51. The second-order valence-electron chi connectivity index (χ2n) is 6.13. The fourth-order valence-electron chi connectivity index (χ4n) is 2.84. The first-order chi connectivity index (χ1) is 13.0. The number of carbonyl (C=O) groups is 1. The summed E-state index contributed by atoms with van der Waals surface area (Å²) < 4.78 is 16.0. The molecule has 0 unspecified atom stereocenters. The Morgan fingerprint density at radius 1 is 1.26 bits per heavy atom. The third-order valence-electron chi connectivity index (χ3n) is 4.17. The summed E-state index contributed by atoms with van der Waals surface area (Å²) in [5, 5.41) is 9.97. The van der Waals surface area contributed by atoms with Gasteiger partial charge in [0.25, 0.3) is 5.91 Å². The van der Waals surface area contributed by atoms with E-state index in [4.69, 9.17) is 13.9 Å². The highest BCUT2D eigenvalue weighted by atomic mass is 16.5. The maximum atomic E-state index is 12.4. The van der Waals surface area contributed by atoms with Crippen LogP contribution in [0.15, 0.2) is 34.9 Å². The molecule has 0 radical (unpaired) electrons. The molecule has 1 aromatic carbocycles. The van der Waals surface area contributed by atoms with Crippen molar-refractivity contribution in [1.82, 2.24) is 20.5 Å². The molecule has 2 heterocycles. The molecule has 0 aliphatic heterocycles. The molecular weight excluding hydrogens is 348 g/mol. The van der Waals surface area contributed by atoms with E-state index in [9.17, 15) is 4.79 Å². The molecule has 0 saturated carbocycles. The van der Waals surface area contributed by atoms with Crippen LogP contribution in [0, 0.1) is 13.8 Å². The number of aromatic nitrogens is 3. The van der Waals surface area contributed by atoms with E-state index in [1.54, 1.807) is 31.4 Å². The molecule has 8 heteroatoms. The molecule has 0 saturated heterocycles. The zero-order valence-corrected chi connectivity index (χ0v) is 15.7. The number of methoxy groups -OCH3 is 1. The maximum Gasteiger partial charge on any atom is 0.273 e. The lowest BCUT2D eigenvalue weighted by Gasteiger charge is -2.13. The van der Waals surface area contributed by atoms with Gasteiger partial charge in [-0.2, -0.15) is 5.10 Å². The summed E-state index contributed by atoms with van der Waals surface area (Å²) in [5.41, 5.74) is 2.95. The normalized spacial score (nSPS) is 11.9. The number of aromatic amines is 1. The van der Waals surface area contributed by atoms with E-state index in [0.717, 1.165) is 22.7 Å². The first-order valence-corrected chi connectivity index (χ1v) is 8.51. The number of aryl methyl sites for hydroxylation is 2. The minimum absolute atomic E-state index is 0.120. The number of nitrogens with zero attached hydrogens (tertiary/aromatic N) is 2. The van der Waals surface area contributed by atoms with Crippen LogP contribution in [-0.4, -0.2) is 28.2 Å². The van der Waals surface area contributed by atoms with Gasteiger partial charge in [0.1, 0.15) is 17.8 Å². The molecule has 2 N–H and O–H groups in total. The van der Waals surface area contributed by atoms with Crippen LogP contribution < -0.4 is 14.8 Å². The van der Waals surface area contributed by atoms with Crippen LogP contribution >= 0.6 is 0 Å². The molecule has 1 atom stereocenters. The van der Waals surface area contributed by atoms with Gasteiger partial charge in [-0.05, 0) is 45.0 Å². The summed E-state index contributed by atoms with van der Waals surface area (Å²) in [5.74, 6) is 1.40. The van der Waals surface area contributed by atoms with Crippen LogP contribution in [0.2, 0.25) is 0 Å². The number of carbonyl (C=O) groups excluding carboxylic acids is 1. The van der Waals surface area contributed by atoms with Gasteiger partial charge in [0, 0.05) is 11.3 Å². The minimum atomic E-state index is -0.318. The van der Waals surface area contributed by atoms with E-state index in [0.29, 0.717) is 11.6 Å². The number of amides is 1. The van der Waals surface area contributed by atoms with Gasteiger partial charge in [-0.15, -0.1) is 0 Å². The number of ether oxygens (including phenoxy) is 2. The van der Waals surface area contributed by atoms with Gasteiger partial charge < -0.3 is 19.2 Å². The van der Waals surface area contributed by atoms with E-state index in [-0.39, 0.29) is 24.2 Å². The van der Waals surface area contributed by atoms with Gasteiger partial charge in [0.05, 0.1) is 18.8 Å². The number of oxazole rings is 1. The maximum absolute atomic E-state index is 12.4. The van der Waals surface area contributed by atoms with Crippen molar-refractivity contribution in [2.75, 3.05) is 7.11 Å². The van der Waals surface area contributed by atoms with Crippen LogP contribution in [0.3, 0.4) is 0 Å². The van der Waals surface area contributed by atoms with Crippen LogP contribution in [0.4, 0.5) is 0 Å². The van der Waals surface area contributed by atoms with Gasteiger partial charge in [-0.1, -0.05) is 0 Å². The van der Waals surface area contributed by atoms with Gasteiger partial charge >= 0.3 is 0 Å². The van der Waals surface area contributed by atoms with E-state index in [1.807, 2.05) is 20.8 Å². The Balaban J connectivity index is 1.58. The Bertz CT molecular complexity index is 895. The Labute approximate surface area is 156 Å². The molecule has 0 spiro atoms. The quantitative estimate of drug-likeness (QED) is 0.662. The Kier molecular flexibility index (Phi) is 5.44. The van der Waals surface area contributed by atoms with E-state index < -0.39 is 0 Å². The van der Waals surface area contributed by atoms with Crippen LogP contribution in [-0.2, 0) is 6.61 Å². The van der Waals surface area contributed by atoms with Crippen LogP contribution in [0.5, 0.6) is 11.5 Å². The molecule has 8 nitrogen and oxygen atoms in total. The van der Waals surface area contributed by atoms with Gasteiger partial charge in [-0.3, -0.25) is 9.89 Å². The summed E-state index contributed by atoms with van der Waals surface area (Å²) in [6, 6.07) is 6.96. The lowest BCUT2D eigenvalue weighted by molar-refractivity contribution is 0.0934. The summed E-state index contributed by atoms with van der Waals surface area (Å²) in [7, 11) is 1.60. The van der Waals surface area contributed by atoms with Gasteiger partial charge in [0.2, 0.25) is 5.89 Å². The lowest BCUT2D eigenvalue weighted by atomic mass is 10.1. The van der Waals surface area contributed by atoms with Crippen LogP contribution in [0.1, 0.15) is 46.3 Å². The average molecular weight is 370 g/mol. The van der Waals surface area contributed by atoms with Crippen molar-refractivity contribution in [2.24, 2.45) is 0 Å². The number of H-pyrrole nitrogens is 1. The standard InChI is InChI=1S/C19H22N4O4/c1-11(18-12(2)22-23-13(18)3)20-19(24)16-9-27-17(21-16)10-26-15-7-5-14(25-4)6-8-15/h5-9,11H,10H2,1-4H3,(H,20,24)(H,22,23)/t11-/m1/s1. The topological polar surface area (TPSA) is 102 Å². The van der Waals surface area contributed by atoms with E-state index >= 15 is 0 Å². The number of hydrogen-bond donors (Lipinski definition) is 2. The SMILES string of the molecule is COc1ccc(OCc2nc(C(=O)N[C@H](C)c3c(C)n[nH]c3C)co2)cc1. The number of nitrogens with one attached hydrogen (secondary N) is 2. The highest BCUT2D eigenvalue weighted by Crippen LogP contribution is 2.20. The molecule has 1 amide bonds. The highest BCUT2D eigenvalue weighted by Gasteiger charge is 2.19. The second kappa shape index (κ2) is 7.94. The third kappa shape index (κ3) is 4.28. The number of benzene rings is 1. The Morgan fingerprint density at radius 3 is 2.59 bits per heavy atom. The third-order valence-corrected chi connectivity index (χ3v) is 4.17. The molecule has 2 aromatic heterocycles. The lowest BCUT2D eigenvalue weighted by Crippen LogP contribution is -2.27. The molecule has 3 rings (SSSR count). The Morgan fingerprint density at radius 2 is 1.96 bits per heavy atom. The smallest absolute Gasteiger partial charge is 0.273 e. The molecule has 0 bridgehead atoms. The molecular formula is C19H22N4O4. The van der Waals surface area contributed by atoms with E-state index in [1.165, 1.54) is 6.26 Å². The van der Waals surface area contributed by atoms with Crippen molar-refractivity contribution in [3.05, 3.63) is 59.1 Å². The van der Waals surface area contributed by atoms with Crippen molar-refractivity contribution in [3.63, 3.8) is 0 Å². The average Bonchev–Trinajstić information content (AvgIpc) is 3.27. The molecule has 142 valence electrons. The fraction of sp³-hybridized carbons (Fsp3) is 0.316. The fourth-order valence-corrected chi connectivity index (χ4v) is 2.84. The van der Waals surface area contributed by atoms with Crippen molar-refractivity contribution < 1.29 is 18.7 Å².